The highest BCUT2D eigenvalue weighted by atomic mass is 16.3. The van der Waals surface area contributed by atoms with Crippen LogP contribution in [0.3, 0.4) is 0 Å². The number of rotatable bonds is 0. The van der Waals surface area contributed by atoms with Crippen molar-refractivity contribution in [1.82, 2.24) is 0 Å². The minimum atomic E-state index is 0. The van der Waals surface area contributed by atoms with Gasteiger partial charge in [-0.2, -0.15) is 0 Å². The van der Waals surface area contributed by atoms with Crippen LogP contribution in [0.15, 0.2) is 36.4 Å². The van der Waals surface area contributed by atoms with Crippen molar-refractivity contribution in [3.05, 3.63) is 42.0 Å². The molecule has 0 aromatic heterocycles. The largest absolute Gasteiger partial charge is 0.508 e. The van der Waals surface area contributed by atoms with E-state index in [4.69, 9.17) is 0 Å². The molecule has 0 aliphatic carbocycles. The summed E-state index contributed by atoms with van der Waals surface area (Å²) in [6.07, 6.45) is 0. The summed E-state index contributed by atoms with van der Waals surface area (Å²) in [5.74, 6) is 0.330. The van der Waals surface area contributed by atoms with Crippen LogP contribution in [0.25, 0.3) is 10.8 Å². The second-order valence-corrected chi connectivity index (χ2v) is 2.98. The Balaban J connectivity index is 0.000000617. The number of hydrogen-bond acceptors (Lipinski definition) is 1. The normalized spacial score (nSPS) is 8.73. The van der Waals surface area contributed by atoms with Gasteiger partial charge >= 0.3 is 0 Å². The van der Waals surface area contributed by atoms with Gasteiger partial charge in [0.15, 0.2) is 0 Å². The Labute approximate surface area is 92.4 Å². The lowest BCUT2D eigenvalue weighted by Gasteiger charge is -2.01. The van der Waals surface area contributed by atoms with Crippen LogP contribution < -0.4 is 0 Å². The molecule has 0 saturated carbocycles. The monoisotopic (exact) mass is 204 g/mol. The first-order valence-electron chi connectivity index (χ1n) is 4.96. The quantitative estimate of drug-likeness (QED) is 0.669. The molecule has 0 amide bonds. The van der Waals surface area contributed by atoms with Crippen molar-refractivity contribution >= 4 is 10.8 Å². The van der Waals surface area contributed by atoms with Gasteiger partial charge < -0.3 is 5.11 Å². The summed E-state index contributed by atoms with van der Waals surface area (Å²) < 4.78 is 0. The third-order valence-corrected chi connectivity index (χ3v) is 2.08. The van der Waals surface area contributed by atoms with Crippen LogP contribution in [0.5, 0.6) is 5.75 Å². The van der Waals surface area contributed by atoms with Crippen molar-refractivity contribution in [1.29, 1.82) is 0 Å². The molecule has 0 bridgehead atoms. The van der Waals surface area contributed by atoms with Crippen LogP contribution >= 0.6 is 0 Å². The molecule has 2 aromatic rings. The first kappa shape index (κ1) is 13.5. The number of phenols is 1. The summed E-state index contributed by atoms with van der Waals surface area (Å²) in [6.45, 7) is 6.04. The molecule has 1 nitrogen and oxygen atoms in total. The maximum atomic E-state index is 9.25. The third kappa shape index (κ3) is 2.98. The molecular weight excluding hydrogens is 184 g/mol. The van der Waals surface area contributed by atoms with E-state index in [1.165, 1.54) is 10.9 Å². The average molecular weight is 204 g/mol. The Morgan fingerprint density at radius 3 is 2.33 bits per heavy atom. The first-order valence-corrected chi connectivity index (χ1v) is 4.96. The lowest BCUT2D eigenvalue weighted by atomic mass is 10.1. The van der Waals surface area contributed by atoms with Crippen LogP contribution in [0.2, 0.25) is 0 Å². The molecule has 15 heavy (non-hydrogen) atoms. The standard InChI is InChI=1S/C11H10O.C2H6.CH4/c1-8-3-2-4-9-5-6-10(12)7-11(8)9;1-2;/h2-7,12H,1H3;1-2H3;1H4. The minimum absolute atomic E-state index is 0. The molecule has 2 rings (SSSR count). The predicted octanol–water partition coefficient (Wildman–Crippen LogP) is 4.52. The molecule has 0 atom stereocenters. The van der Waals surface area contributed by atoms with Crippen LogP contribution in [-0.2, 0) is 0 Å². The maximum absolute atomic E-state index is 9.25. The predicted molar refractivity (Wildman–Crippen MR) is 68.4 cm³/mol. The average Bonchev–Trinajstić information content (AvgIpc) is 2.22. The first-order chi connectivity index (χ1) is 6.77. The van der Waals surface area contributed by atoms with E-state index in [0.29, 0.717) is 5.75 Å². The van der Waals surface area contributed by atoms with Crippen LogP contribution in [0.1, 0.15) is 26.8 Å². The molecule has 1 N–H and O–H groups in total. The lowest BCUT2D eigenvalue weighted by molar-refractivity contribution is 0.476. The van der Waals surface area contributed by atoms with E-state index in [1.807, 2.05) is 45.0 Å². The highest BCUT2D eigenvalue weighted by molar-refractivity contribution is 5.86. The van der Waals surface area contributed by atoms with E-state index < -0.39 is 0 Å². The summed E-state index contributed by atoms with van der Waals surface area (Å²) in [7, 11) is 0. The fraction of sp³-hybridized carbons (Fsp3) is 0.286. The molecule has 1 heteroatoms. The fourth-order valence-corrected chi connectivity index (χ4v) is 1.42. The van der Waals surface area contributed by atoms with Crippen molar-refractivity contribution in [2.75, 3.05) is 0 Å². The maximum Gasteiger partial charge on any atom is 0.116 e. The van der Waals surface area contributed by atoms with Gasteiger partial charge in [-0.1, -0.05) is 45.5 Å². The smallest absolute Gasteiger partial charge is 0.116 e. The van der Waals surface area contributed by atoms with Crippen molar-refractivity contribution in [2.45, 2.75) is 28.2 Å². The Bertz CT molecular complexity index is 419. The van der Waals surface area contributed by atoms with Gasteiger partial charge in [-0.3, -0.25) is 0 Å². The summed E-state index contributed by atoms with van der Waals surface area (Å²) in [6, 6.07) is 11.5. The SMILES string of the molecule is C.CC.Cc1cccc2ccc(O)cc12. The van der Waals surface area contributed by atoms with Crippen LogP contribution in [-0.4, -0.2) is 5.11 Å². The number of aromatic hydroxyl groups is 1. The molecule has 0 radical (unpaired) electrons. The molecule has 0 aliphatic rings. The summed E-state index contributed by atoms with van der Waals surface area (Å²) in [5.41, 5.74) is 1.20. The van der Waals surface area contributed by atoms with E-state index >= 15 is 0 Å². The summed E-state index contributed by atoms with van der Waals surface area (Å²) >= 11 is 0. The second-order valence-electron chi connectivity index (χ2n) is 2.98. The van der Waals surface area contributed by atoms with Gasteiger partial charge in [0, 0.05) is 0 Å². The third-order valence-electron chi connectivity index (χ3n) is 2.08. The van der Waals surface area contributed by atoms with E-state index in [9.17, 15) is 5.11 Å². The number of aryl methyl sites for hydroxylation is 1. The van der Waals surface area contributed by atoms with Gasteiger partial charge in [-0.25, -0.2) is 0 Å². The van der Waals surface area contributed by atoms with E-state index in [1.54, 1.807) is 12.1 Å². The number of benzene rings is 2. The van der Waals surface area contributed by atoms with Gasteiger partial charge in [0.1, 0.15) is 5.75 Å². The van der Waals surface area contributed by atoms with Gasteiger partial charge in [-0.05, 0) is 35.4 Å². The molecule has 0 heterocycles. The van der Waals surface area contributed by atoms with Crippen molar-refractivity contribution in [3.8, 4) is 5.75 Å². The zero-order valence-electron chi connectivity index (χ0n) is 8.91. The molecular formula is C14H20O. The number of phenolic OH excluding ortho intramolecular Hbond substituents is 1. The van der Waals surface area contributed by atoms with Crippen LogP contribution in [0.4, 0.5) is 0 Å². The fourth-order valence-electron chi connectivity index (χ4n) is 1.42. The molecule has 0 fully saturated rings. The summed E-state index contributed by atoms with van der Waals surface area (Å²) in [4.78, 5) is 0. The van der Waals surface area contributed by atoms with Gasteiger partial charge in [0.25, 0.3) is 0 Å². The zero-order valence-corrected chi connectivity index (χ0v) is 8.91. The Kier molecular flexibility index (Phi) is 5.46. The summed E-state index contributed by atoms with van der Waals surface area (Å²) in [5, 5.41) is 11.6. The molecule has 0 unspecified atom stereocenters. The lowest BCUT2D eigenvalue weighted by Crippen LogP contribution is -1.76. The Morgan fingerprint density at radius 1 is 1.00 bits per heavy atom. The van der Waals surface area contributed by atoms with Crippen molar-refractivity contribution < 1.29 is 5.11 Å². The highest BCUT2D eigenvalue weighted by Gasteiger charge is 1.96. The molecule has 0 saturated heterocycles. The minimum Gasteiger partial charge on any atom is -0.508 e. The Hall–Kier alpha value is -1.50. The topological polar surface area (TPSA) is 20.2 Å². The molecule has 2 aromatic carbocycles. The molecule has 0 aliphatic heterocycles. The zero-order chi connectivity index (χ0) is 10.6. The number of hydrogen-bond donors (Lipinski definition) is 1. The van der Waals surface area contributed by atoms with Gasteiger partial charge in [0.2, 0.25) is 0 Å². The molecule has 82 valence electrons. The van der Waals surface area contributed by atoms with Crippen LogP contribution in [0, 0.1) is 6.92 Å². The van der Waals surface area contributed by atoms with Crippen molar-refractivity contribution in [2.24, 2.45) is 0 Å². The molecule has 0 spiro atoms. The Morgan fingerprint density at radius 2 is 1.67 bits per heavy atom. The van der Waals surface area contributed by atoms with E-state index in [-0.39, 0.29) is 7.43 Å². The number of fused-ring (bicyclic) bond motifs is 1. The van der Waals surface area contributed by atoms with Crippen molar-refractivity contribution in [3.63, 3.8) is 0 Å². The second kappa shape index (κ2) is 6.07. The van der Waals surface area contributed by atoms with E-state index in [2.05, 4.69) is 0 Å². The highest BCUT2D eigenvalue weighted by Crippen LogP contribution is 2.22. The van der Waals surface area contributed by atoms with Gasteiger partial charge in [0.05, 0.1) is 0 Å². The van der Waals surface area contributed by atoms with Gasteiger partial charge in [-0.15, -0.1) is 0 Å². The van der Waals surface area contributed by atoms with E-state index in [0.717, 1.165) is 5.39 Å².